The Hall–Kier alpha value is -0.850. The largest absolute Gasteiger partial charge is 0.401 e. The lowest BCUT2D eigenvalue weighted by molar-refractivity contribution is -0.547. The Morgan fingerprint density at radius 2 is 2.23 bits per heavy atom. The predicted molar refractivity (Wildman–Crippen MR) is 37.3 cm³/mol. The number of halogens is 3. The molecule has 1 rings (SSSR count). The van der Waals surface area contributed by atoms with Crippen LogP contribution < -0.4 is 0 Å². The van der Waals surface area contributed by atoms with Gasteiger partial charge in [0.25, 0.3) is 6.17 Å². The molecule has 1 heterocycles. The summed E-state index contributed by atoms with van der Waals surface area (Å²) < 4.78 is 35.6. The molecule has 0 saturated carbocycles. The summed E-state index contributed by atoms with van der Waals surface area (Å²) in [4.78, 5) is 10.4. The average molecular weight is 197 g/mol. The predicted octanol–water partition coefficient (Wildman–Crippen LogP) is 1.06. The highest BCUT2D eigenvalue weighted by atomic mass is 19.4. The maximum atomic E-state index is 11.9. The van der Waals surface area contributed by atoms with Crippen molar-refractivity contribution in [3.05, 3.63) is 16.5 Å². The number of likely N-dealkylation sites (tertiary alicyclic amines) is 1. The molecule has 0 spiro atoms. The van der Waals surface area contributed by atoms with Gasteiger partial charge in [-0.3, -0.25) is 10.1 Å². The van der Waals surface area contributed by atoms with Crippen molar-refractivity contribution in [1.82, 2.24) is 4.90 Å². The molecule has 1 atom stereocenters. The third-order valence-corrected chi connectivity index (χ3v) is 1.79. The van der Waals surface area contributed by atoms with E-state index in [9.17, 15) is 23.3 Å². The Balaban J connectivity index is 2.54. The number of hydrogen-bond donors (Lipinski definition) is 0. The highest BCUT2D eigenvalue weighted by molar-refractivity contribution is 4.85. The van der Waals surface area contributed by atoms with E-state index in [1.54, 1.807) is 0 Å². The maximum absolute atomic E-state index is 11.9. The molecule has 0 aromatic carbocycles. The second-order valence-electron chi connectivity index (χ2n) is 2.83. The van der Waals surface area contributed by atoms with E-state index in [4.69, 9.17) is 0 Å². The van der Waals surface area contributed by atoms with Crippen molar-refractivity contribution >= 4 is 0 Å². The quantitative estimate of drug-likeness (QED) is 0.491. The van der Waals surface area contributed by atoms with Crippen molar-refractivity contribution in [3.8, 4) is 0 Å². The fourth-order valence-electron chi connectivity index (χ4n) is 1.28. The first-order valence-electron chi connectivity index (χ1n) is 3.66. The van der Waals surface area contributed by atoms with Gasteiger partial charge in [0, 0.05) is 17.9 Å². The minimum absolute atomic E-state index is 0.0329. The molecular formula is C6H8F3N2O2. The van der Waals surface area contributed by atoms with Gasteiger partial charge in [-0.25, -0.2) is 4.90 Å². The van der Waals surface area contributed by atoms with Crippen LogP contribution in [0.4, 0.5) is 13.2 Å². The van der Waals surface area contributed by atoms with Gasteiger partial charge in [-0.1, -0.05) is 0 Å². The Bertz CT molecular complexity index is 207. The minimum atomic E-state index is -4.37. The Kier molecular flexibility index (Phi) is 2.74. The van der Waals surface area contributed by atoms with E-state index in [2.05, 4.69) is 0 Å². The molecule has 1 radical (unpaired) electrons. The van der Waals surface area contributed by atoms with Gasteiger partial charge in [-0.15, -0.1) is 0 Å². The lowest BCUT2D eigenvalue weighted by Crippen LogP contribution is -2.41. The number of nitro groups is 1. The summed E-state index contributed by atoms with van der Waals surface area (Å²) in [5, 5.41) is 10.3. The fourth-order valence-corrected chi connectivity index (χ4v) is 1.28. The lowest BCUT2D eigenvalue weighted by Gasteiger charge is -2.18. The van der Waals surface area contributed by atoms with Crippen LogP contribution in [0.2, 0.25) is 0 Å². The van der Waals surface area contributed by atoms with Crippen molar-refractivity contribution in [2.45, 2.75) is 18.8 Å². The third kappa shape index (κ3) is 2.83. The van der Waals surface area contributed by atoms with Crippen LogP contribution in [0.25, 0.3) is 0 Å². The summed E-state index contributed by atoms with van der Waals surface area (Å²) in [6, 6.07) is 0. The van der Waals surface area contributed by atoms with E-state index >= 15 is 0 Å². The van der Waals surface area contributed by atoms with Crippen LogP contribution >= 0.6 is 0 Å². The van der Waals surface area contributed by atoms with E-state index in [-0.39, 0.29) is 13.0 Å². The molecule has 1 aliphatic heterocycles. The SMILES string of the molecule is O=[N+]([O-])C1C[CH]CN1CC(F)(F)F. The number of alkyl halides is 3. The van der Waals surface area contributed by atoms with Gasteiger partial charge < -0.3 is 0 Å². The van der Waals surface area contributed by atoms with Crippen LogP contribution in [0.5, 0.6) is 0 Å². The lowest BCUT2D eigenvalue weighted by atomic mass is 10.3. The van der Waals surface area contributed by atoms with E-state index in [1.165, 1.54) is 6.42 Å². The van der Waals surface area contributed by atoms with Gasteiger partial charge in [0.15, 0.2) is 0 Å². The van der Waals surface area contributed by atoms with Crippen LogP contribution in [0.3, 0.4) is 0 Å². The van der Waals surface area contributed by atoms with Crippen molar-refractivity contribution in [3.63, 3.8) is 0 Å². The van der Waals surface area contributed by atoms with Crippen LogP contribution in [0.1, 0.15) is 6.42 Å². The molecule has 0 aromatic rings. The Labute approximate surface area is 72.5 Å². The van der Waals surface area contributed by atoms with Crippen molar-refractivity contribution in [2.24, 2.45) is 0 Å². The van der Waals surface area contributed by atoms with Gasteiger partial charge >= 0.3 is 6.18 Å². The maximum Gasteiger partial charge on any atom is 0.401 e. The molecule has 0 amide bonds. The molecule has 0 aromatic heterocycles. The molecule has 1 unspecified atom stereocenters. The number of hydrogen-bond acceptors (Lipinski definition) is 3. The molecule has 1 saturated heterocycles. The molecule has 0 N–H and O–H groups in total. The van der Waals surface area contributed by atoms with Gasteiger partial charge in [-0.2, -0.15) is 13.2 Å². The first kappa shape index (κ1) is 10.2. The van der Waals surface area contributed by atoms with E-state index < -0.39 is 23.8 Å². The van der Waals surface area contributed by atoms with Crippen LogP contribution in [0, 0.1) is 16.5 Å². The van der Waals surface area contributed by atoms with Crippen LogP contribution in [-0.4, -0.2) is 35.3 Å². The van der Waals surface area contributed by atoms with Crippen molar-refractivity contribution in [1.29, 1.82) is 0 Å². The summed E-state index contributed by atoms with van der Waals surface area (Å²) >= 11 is 0. The standard InChI is InChI=1S/C6H8F3N2O2/c7-6(8,9)4-10-3-1-2-5(10)11(12)13/h1,5H,2-4H2. The minimum Gasteiger partial charge on any atom is -0.263 e. The number of nitrogens with zero attached hydrogens (tertiary/aromatic N) is 2. The van der Waals surface area contributed by atoms with Crippen LogP contribution in [0.15, 0.2) is 0 Å². The molecule has 1 aliphatic rings. The zero-order valence-electron chi connectivity index (χ0n) is 6.62. The zero-order valence-corrected chi connectivity index (χ0v) is 6.62. The molecule has 0 bridgehead atoms. The molecule has 1 fully saturated rings. The highest BCUT2D eigenvalue weighted by Gasteiger charge is 2.41. The first-order chi connectivity index (χ1) is 5.90. The molecular weight excluding hydrogens is 189 g/mol. The zero-order chi connectivity index (χ0) is 10.1. The topological polar surface area (TPSA) is 46.4 Å². The highest BCUT2D eigenvalue weighted by Crippen LogP contribution is 2.23. The second-order valence-corrected chi connectivity index (χ2v) is 2.83. The van der Waals surface area contributed by atoms with E-state index in [0.29, 0.717) is 0 Å². The van der Waals surface area contributed by atoms with Gasteiger partial charge in [0.05, 0.1) is 0 Å². The van der Waals surface area contributed by atoms with Gasteiger partial charge in [0.1, 0.15) is 6.54 Å². The Morgan fingerprint density at radius 3 is 2.69 bits per heavy atom. The third-order valence-electron chi connectivity index (χ3n) is 1.79. The van der Waals surface area contributed by atoms with E-state index in [1.807, 2.05) is 0 Å². The average Bonchev–Trinajstić information content (AvgIpc) is 2.31. The molecule has 4 nitrogen and oxygen atoms in total. The first-order valence-corrected chi connectivity index (χ1v) is 3.66. The summed E-state index contributed by atoms with van der Waals surface area (Å²) in [5.74, 6) is 0. The normalized spacial score (nSPS) is 25.0. The van der Waals surface area contributed by atoms with Gasteiger partial charge in [-0.05, 0) is 6.42 Å². The van der Waals surface area contributed by atoms with Gasteiger partial charge in [0.2, 0.25) is 0 Å². The molecule has 13 heavy (non-hydrogen) atoms. The molecule has 0 aliphatic carbocycles. The molecule has 75 valence electrons. The smallest absolute Gasteiger partial charge is 0.263 e. The fraction of sp³-hybridized carbons (Fsp3) is 0.833. The summed E-state index contributed by atoms with van der Waals surface area (Å²) in [5.41, 5.74) is 0. The Morgan fingerprint density at radius 1 is 1.62 bits per heavy atom. The van der Waals surface area contributed by atoms with Crippen LogP contribution in [-0.2, 0) is 0 Å². The van der Waals surface area contributed by atoms with Crippen molar-refractivity contribution in [2.75, 3.05) is 13.1 Å². The monoisotopic (exact) mass is 197 g/mol. The summed E-state index contributed by atoms with van der Waals surface area (Å²) in [6.45, 7) is -1.18. The summed E-state index contributed by atoms with van der Waals surface area (Å²) in [6.07, 6.45) is -4.00. The van der Waals surface area contributed by atoms with E-state index in [0.717, 1.165) is 4.90 Å². The number of rotatable bonds is 2. The second kappa shape index (κ2) is 3.49. The summed E-state index contributed by atoms with van der Waals surface area (Å²) in [7, 11) is 0. The van der Waals surface area contributed by atoms with Crippen molar-refractivity contribution < 1.29 is 18.1 Å². The molecule has 7 heteroatoms.